The number of nitriles is 1. The average molecular weight is 457 g/mol. The molecule has 1 N–H and O–H groups in total. The highest BCUT2D eigenvalue weighted by Crippen LogP contribution is 2.41. The van der Waals surface area contributed by atoms with E-state index in [9.17, 15) is 19.2 Å². The van der Waals surface area contributed by atoms with Crippen molar-refractivity contribution < 1.29 is 14.0 Å². The lowest BCUT2D eigenvalue weighted by atomic mass is 9.81. The van der Waals surface area contributed by atoms with Crippen LogP contribution in [0.1, 0.15) is 35.7 Å². The van der Waals surface area contributed by atoms with Crippen LogP contribution in [0.25, 0.3) is 10.8 Å². The number of thioether (sulfide) groups is 1. The van der Waals surface area contributed by atoms with Crippen LogP contribution >= 0.6 is 11.8 Å². The number of nitrogens with one attached hydrogen (secondary N) is 1. The summed E-state index contributed by atoms with van der Waals surface area (Å²) in [6.45, 7) is 3.22. The molecule has 0 saturated heterocycles. The largest absolute Gasteiger partial charge is 0.353 e. The van der Waals surface area contributed by atoms with E-state index in [4.69, 9.17) is 0 Å². The molecule has 3 aromatic rings. The van der Waals surface area contributed by atoms with Crippen molar-refractivity contribution in [1.29, 1.82) is 5.26 Å². The third kappa shape index (κ3) is 4.59. The first-order chi connectivity index (χ1) is 15.9. The van der Waals surface area contributed by atoms with Gasteiger partial charge in [-0.05, 0) is 48.4 Å². The minimum Gasteiger partial charge on any atom is -0.353 e. The summed E-state index contributed by atoms with van der Waals surface area (Å²) in [6.07, 6.45) is 0. The SMILES string of the molecule is CC(=O)C1=C(C)NC(SCC(=O)c2ccc3ccccc3c2)=C(C#N)[C@@H]1c1ccc(F)cc1. The van der Waals surface area contributed by atoms with Gasteiger partial charge < -0.3 is 5.32 Å². The van der Waals surface area contributed by atoms with Crippen LogP contribution < -0.4 is 5.32 Å². The van der Waals surface area contributed by atoms with Crippen molar-refractivity contribution in [2.24, 2.45) is 0 Å². The van der Waals surface area contributed by atoms with E-state index in [0.29, 0.717) is 33.0 Å². The van der Waals surface area contributed by atoms with E-state index in [1.54, 1.807) is 25.1 Å². The Bertz CT molecular complexity index is 1370. The monoisotopic (exact) mass is 456 g/mol. The highest BCUT2D eigenvalue weighted by atomic mass is 32.2. The zero-order valence-corrected chi connectivity index (χ0v) is 19.0. The van der Waals surface area contributed by atoms with Gasteiger partial charge in [0.25, 0.3) is 0 Å². The summed E-state index contributed by atoms with van der Waals surface area (Å²) in [5, 5.41) is 15.7. The Hall–Kier alpha value is -3.69. The molecule has 6 heteroatoms. The molecule has 0 saturated carbocycles. The number of carbonyl (C=O) groups is 2. The summed E-state index contributed by atoms with van der Waals surface area (Å²) in [4.78, 5) is 25.3. The van der Waals surface area contributed by atoms with Gasteiger partial charge in [0.05, 0.1) is 28.3 Å². The summed E-state index contributed by atoms with van der Waals surface area (Å²) in [5.74, 6) is -1.11. The number of dihydropyridines is 1. The third-order valence-corrected chi connectivity index (χ3v) is 6.67. The van der Waals surface area contributed by atoms with Crippen LogP contribution in [0.15, 0.2) is 88.6 Å². The Labute approximate surface area is 195 Å². The van der Waals surface area contributed by atoms with Gasteiger partial charge in [0.15, 0.2) is 11.6 Å². The number of halogens is 1. The number of Topliss-reactive ketones (excluding diaryl/α,β-unsaturated/α-hetero) is 2. The highest BCUT2D eigenvalue weighted by Gasteiger charge is 2.33. The fourth-order valence-electron chi connectivity index (χ4n) is 4.07. The van der Waals surface area contributed by atoms with Gasteiger partial charge in [-0.25, -0.2) is 4.39 Å². The molecule has 1 aliphatic rings. The van der Waals surface area contributed by atoms with Gasteiger partial charge in [-0.15, -0.1) is 0 Å². The summed E-state index contributed by atoms with van der Waals surface area (Å²) >= 11 is 1.23. The van der Waals surface area contributed by atoms with Crippen molar-refractivity contribution in [3.63, 3.8) is 0 Å². The molecule has 0 unspecified atom stereocenters. The Balaban J connectivity index is 1.64. The number of hydrogen-bond acceptors (Lipinski definition) is 5. The minimum absolute atomic E-state index is 0.0605. The van der Waals surface area contributed by atoms with Crippen LogP contribution in [0, 0.1) is 17.1 Å². The second-order valence-electron chi connectivity index (χ2n) is 7.83. The van der Waals surface area contributed by atoms with Crippen molar-refractivity contribution in [1.82, 2.24) is 5.32 Å². The minimum atomic E-state index is -0.618. The Morgan fingerprint density at radius 2 is 1.76 bits per heavy atom. The maximum atomic E-state index is 13.5. The number of allylic oxidation sites excluding steroid dienone is 3. The fourth-order valence-corrected chi connectivity index (χ4v) is 5.05. The molecule has 0 bridgehead atoms. The summed E-state index contributed by atoms with van der Waals surface area (Å²) < 4.78 is 13.5. The summed E-state index contributed by atoms with van der Waals surface area (Å²) in [6, 6.07) is 21.4. The lowest BCUT2D eigenvalue weighted by molar-refractivity contribution is -0.113. The van der Waals surface area contributed by atoms with Crippen molar-refractivity contribution in [3.8, 4) is 6.07 Å². The number of rotatable bonds is 6. The van der Waals surface area contributed by atoms with Crippen LogP contribution in [0.2, 0.25) is 0 Å². The van der Waals surface area contributed by atoms with Crippen LogP contribution in [0.5, 0.6) is 0 Å². The Morgan fingerprint density at radius 1 is 1.06 bits per heavy atom. The van der Waals surface area contributed by atoms with Crippen LogP contribution in [0.3, 0.4) is 0 Å². The highest BCUT2D eigenvalue weighted by molar-refractivity contribution is 8.03. The second kappa shape index (κ2) is 9.43. The molecule has 0 amide bonds. The van der Waals surface area contributed by atoms with Crippen LogP contribution in [-0.2, 0) is 4.79 Å². The third-order valence-electron chi connectivity index (χ3n) is 5.65. The van der Waals surface area contributed by atoms with Gasteiger partial charge in [-0.2, -0.15) is 5.26 Å². The maximum absolute atomic E-state index is 13.5. The van der Waals surface area contributed by atoms with Gasteiger partial charge in [-0.3, -0.25) is 9.59 Å². The molecule has 0 aromatic heterocycles. The normalized spacial score (nSPS) is 15.9. The van der Waals surface area contributed by atoms with E-state index >= 15 is 0 Å². The number of hydrogen-bond donors (Lipinski definition) is 1. The number of fused-ring (bicyclic) bond motifs is 1. The summed E-state index contributed by atoms with van der Waals surface area (Å²) in [7, 11) is 0. The number of benzene rings is 3. The molecule has 4 rings (SSSR count). The molecule has 4 nitrogen and oxygen atoms in total. The lowest BCUT2D eigenvalue weighted by Crippen LogP contribution is -2.27. The van der Waals surface area contributed by atoms with Gasteiger partial charge in [0, 0.05) is 16.8 Å². The predicted molar refractivity (Wildman–Crippen MR) is 129 cm³/mol. The zero-order valence-electron chi connectivity index (χ0n) is 18.2. The standard InChI is InChI=1S/C27H21FN2O2S/c1-16-25(17(2)31)26(19-9-11-22(28)12-10-19)23(14-29)27(30-16)33-15-24(32)21-8-7-18-5-3-4-6-20(18)13-21/h3-13,26,30H,15H2,1-2H3/t26-/m0/s1. The topological polar surface area (TPSA) is 70.0 Å². The molecule has 0 spiro atoms. The van der Waals surface area contributed by atoms with Crippen molar-refractivity contribution in [2.45, 2.75) is 19.8 Å². The quantitative estimate of drug-likeness (QED) is 0.469. The van der Waals surface area contributed by atoms with E-state index in [2.05, 4.69) is 11.4 Å². The van der Waals surface area contributed by atoms with Gasteiger partial charge in [-0.1, -0.05) is 60.3 Å². The van der Waals surface area contributed by atoms with Crippen LogP contribution in [0.4, 0.5) is 4.39 Å². The molecule has 164 valence electrons. The van der Waals surface area contributed by atoms with E-state index in [1.165, 1.54) is 30.8 Å². The molecule has 33 heavy (non-hydrogen) atoms. The molecule has 0 aliphatic carbocycles. The molecule has 0 radical (unpaired) electrons. The van der Waals surface area contributed by atoms with Crippen molar-refractivity contribution >= 4 is 34.1 Å². The molecular formula is C27H21FN2O2S. The predicted octanol–water partition coefficient (Wildman–Crippen LogP) is 5.88. The van der Waals surface area contributed by atoms with E-state index in [1.807, 2.05) is 36.4 Å². The van der Waals surface area contributed by atoms with E-state index in [0.717, 1.165) is 10.8 Å². The molecule has 1 aliphatic heterocycles. The maximum Gasteiger partial charge on any atom is 0.173 e. The second-order valence-corrected chi connectivity index (χ2v) is 8.82. The number of carbonyl (C=O) groups excluding carboxylic acids is 2. The number of nitrogens with zero attached hydrogens (tertiary/aromatic N) is 1. The smallest absolute Gasteiger partial charge is 0.173 e. The molecule has 0 fully saturated rings. The average Bonchev–Trinajstić information content (AvgIpc) is 2.82. The molecule has 3 aromatic carbocycles. The van der Waals surface area contributed by atoms with Crippen molar-refractivity contribution in [2.75, 3.05) is 5.75 Å². The van der Waals surface area contributed by atoms with E-state index < -0.39 is 11.7 Å². The van der Waals surface area contributed by atoms with Gasteiger partial charge >= 0.3 is 0 Å². The molecular weight excluding hydrogens is 435 g/mol. The number of ketones is 2. The Kier molecular flexibility index (Phi) is 6.43. The zero-order chi connectivity index (χ0) is 23.5. The summed E-state index contributed by atoms with van der Waals surface area (Å²) in [5.41, 5.74) is 2.68. The Morgan fingerprint density at radius 3 is 2.42 bits per heavy atom. The van der Waals surface area contributed by atoms with Crippen LogP contribution in [-0.4, -0.2) is 17.3 Å². The van der Waals surface area contributed by atoms with E-state index in [-0.39, 0.29) is 17.3 Å². The van der Waals surface area contributed by atoms with Gasteiger partial charge in [0.1, 0.15) is 5.82 Å². The van der Waals surface area contributed by atoms with Gasteiger partial charge in [0.2, 0.25) is 0 Å². The first-order valence-electron chi connectivity index (χ1n) is 10.4. The lowest BCUT2D eigenvalue weighted by Gasteiger charge is -2.29. The first kappa shape index (κ1) is 22.5. The molecule has 1 atom stereocenters. The van der Waals surface area contributed by atoms with Crippen molar-refractivity contribution in [3.05, 3.63) is 106 Å². The first-order valence-corrected chi connectivity index (χ1v) is 11.4. The fraction of sp³-hybridized carbons (Fsp3) is 0.148. The molecule has 1 heterocycles.